The fraction of sp³-hybridized carbons (Fsp3) is 0.364. The zero-order chi connectivity index (χ0) is 12.3. The van der Waals surface area contributed by atoms with Crippen molar-refractivity contribution in [3.8, 4) is 5.75 Å². The molecule has 0 aliphatic heterocycles. The van der Waals surface area contributed by atoms with Gasteiger partial charge >= 0.3 is 0 Å². The molecule has 5 nitrogen and oxygen atoms in total. The number of carbonyl (C=O) groups is 1. The second-order valence-electron chi connectivity index (χ2n) is 3.85. The number of nitrogens with one attached hydrogen (secondary N) is 1. The van der Waals surface area contributed by atoms with Crippen molar-refractivity contribution in [1.82, 2.24) is 5.32 Å². The van der Waals surface area contributed by atoms with Gasteiger partial charge in [-0.05, 0) is 37.1 Å². The van der Waals surface area contributed by atoms with Crippen molar-refractivity contribution in [3.05, 3.63) is 24.3 Å². The van der Waals surface area contributed by atoms with Crippen LogP contribution < -0.4 is 10.1 Å². The van der Waals surface area contributed by atoms with Crippen LogP contribution in [0.2, 0.25) is 0 Å². The molecule has 0 radical (unpaired) electrons. The predicted octanol–water partition coefficient (Wildman–Crippen LogP) is 0.925. The van der Waals surface area contributed by atoms with E-state index >= 15 is 0 Å². The fourth-order valence-electron chi connectivity index (χ4n) is 1.30. The Morgan fingerprint density at radius 2 is 2.06 bits per heavy atom. The first-order chi connectivity index (χ1) is 8.15. The van der Waals surface area contributed by atoms with Crippen LogP contribution in [0.4, 0.5) is 0 Å². The highest BCUT2D eigenvalue weighted by Gasteiger charge is 2.23. The monoisotopic (exact) mass is 255 g/mol. The summed E-state index contributed by atoms with van der Waals surface area (Å²) in [5.74, 6) is 0.368. The van der Waals surface area contributed by atoms with Crippen LogP contribution in [-0.2, 0) is 15.9 Å². The molecule has 0 aromatic heterocycles. The van der Waals surface area contributed by atoms with Crippen LogP contribution in [0.5, 0.6) is 5.75 Å². The SMILES string of the molecule is O=C(COc1ccc(S(=O)O)cc1)NC1CC1. The molecule has 2 rings (SSSR count). The Labute approximate surface area is 101 Å². The third kappa shape index (κ3) is 3.83. The van der Waals surface area contributed by atoms with E-state index in [1.54, 1.807) is 12.1 Å². The van der Waals surface area contributed by atoms with E-state index in [0.717, 1.165) is 12.8 Å². The van der Waals surface area contributed by atoms with Gasteiger partial charge in [-0.25, -0.2) is 4.21 Å². The van der Waals surface area contributed by atoms with Crippen LogP contribution >= 0.6 is 0 Å². The van der Waals surface area contributed by atoms with Gasteiger partial charge in [0.25, 0.3) is 5.91 Å². The average Bonchev–Trinajstić information content (AvgIpc) is 3.11. The zero-order valence-electron chi connectivity index (χ0n) is 9.09. The molecule has 1 atom stereocenters. The summed E-state index contributed by atoms with van der Waals surface area (Å²) in [6.45, 7) is -0.0297. The maximum atomic E-state index is 11.3. The first-order valence-electron chi connectivity index (χ1n) is 5.28. The third-order valence-corrected chi connectivity index (χ3v) is 3.01. The van der Waals surface area contributed by atoms with Gasteiger partial charge < -0.3 is 14.6 Å². The van der Waals surface area contributed by atoms with Gasteiger partial charge in [-0.3, -0.25) is 4.79 Å². The van der Waals surface area contributed by atoms with Crippen LogP contribution in [0.15, 0.2) is 29.2 Å². The molecule has 1 aliphatic rings. The minimum absolute atomic E-state index is 0.0297. The minimum atomic E-state index is -1.98. The molecule has 1 unspecified atom stereocenters. The number of hydrogen-bond donors (Lipinski definition) is 2. The summed E-state index contributed by atoms with van der Waals surface area (Å²) in [4.78, 5) is 11.6. The zero-order valence-corrected chi connectivity index (χ0v) is 9.90. The van der Waals surface area contributed by atoms with Crippen molar-refractivity contribution in [2.75, 3.05) is 6.61 Å². The van der Waals surface area contributed by atoms with E-state index in [2.05, 4.69) is 5.32 Å². The molecule has 0 bridgehead atoms. The molecule has 0 spiro atoms. The van der Waals surface area contributed by atoms with Crippen molar-refractivity contribution in [2.45, 2.75) is 23.8 Å². The van der Waals surface area contributed by atoms with Crippen LogP contribution in [0.1, 0.15) is 12.8 Å². The maximum absolute atomic E-state index is 11.3. The van der Waals surface area contributed by atoms with Gasteiger partial charge in [0, 0.05) is 6.04 Å². The standard InChI is InChI=1S/C11H13NO4S/c13-11(12-8-1-2-8)7-16-9-3-5-10(6-4-9)17(14)15/h3-6,8H,1-2,7H2,(H,12,13)(H,14,15). The lowest BCUT2D eigenvalue weighted by Crippen LogP contribution is -2.30. The van der Waals surface area contributed by atoms with E-state index in [0.29, 0.717) is 16.7 Å². The van der Waals surface area contributed by atoms with Gasteiger partial charge in [0.2, 0.25) is 0 Å². The van der Waals surface area contributed by atoms with Gasteiger partial charge in [0.15, 0.2) is 17.7 Å². The van der Waals surface area contributed by atoms with E-state index < -0.39 is 11.1 Å². The van der Waals surface area contributed by atoms with Crippen LogP contribution in [0.25, 0.3) is 0 Å². The summed E-state index contributed by atoms with van der Waals surface area (Å²) in [6.07, 6.45) is 2.09. The normalized spacial score (nSPS) is 16.3. The predicted molar refractivity (Wildman–Crippen MR) is 62.1 cm³/mol. The molecule has 6 heteroatoms. The smallest absolute Gasteiger partial charge is 0.258 e. The van der Waals surface area contributed by atoms with Gasteiger partial charge in [0.05, 0.1) is 4.90 Å². The molecule has 1 aromatic rings. The van der Waals surface area contributed by atoms with Crippen molar-refractivity contribution in [2.24, 2.45) is 0 Å². The Balaban J connectivity index is 1.81. The summed E-state index contributed by atoms with van der Waals surface area (Å²) in [7, 11) is 0. The molecule has 1 aromatic carbocycles. The van der Waals surface area contributed by atoms with E-state index in [4.69, 9.17) is 9.29 Å². The summed E-state index contributed by atoms with van der Waals surface area (Å²) in [6, 6.07) is 6.43. The second kappa shape index (κ2) is 5.29. The average molecular weight is 255 g/mol. The van der Waals surface area contributed by atoms with Gasteiger partial charge in [-0.15, -0.1) is 0 Å². The Morgan fingerprint density at radius 1 is 1.41 bits per heavy atom. The van der Waals surface area contributed by atoms with E-state index in [1.807, 2.05) is 0 Å². The number of hydrogen-bond acceptors (Lipinski definition) is 3. The Bertz CT molecular complexity index is 428. The highest BCUT2D eigenvalue weighted by Crippen LogP contribution is 2.18. The molecule has 1 amide bonds. The van der Waals surface area contributed by atoms with Crippen LogP contribution in [0.3, 0.4) is 0 Å². The highest BCUT2D eigenvalue weighted by molar-refractivity contribution is 7.79. The molecule has 0 saturated heterocycles. The van der Waals surface area contributed by atoms with Crippen LogP contribution in [0, 0.1) is 0 Å². The van der Waals surface area contributed by atoms with Crippen molar-refractivity contribution in [3.63, 3.8) is 0 Å². The number of benzene rings is 1. The lowest BCUT2D eigenvalue weighted by atomic mass is 10.3. The van der Waals surface area contributed by atoms with E-state index in [1.165, 1.54) is 12.1 Å². The Kier molecular flexibility index (Phi) is 3.75. The maximum Gasteiger partial charge on any atom is 0.258 e. The highest BCUT2D eigenvalue weighted by atomic mass is 32.2. The summed E-state index contributed by atoms with van der Waals surface area (Å²) >= 11 is -1.98. The summed E-state index contributed by atoms with van der Waals surface area (Å²) < 4.78 is 24.8. The molecule has 0 heterocycles. The topological polar surface area (TPSA) is 75.6 Å². The van der Waals surface area contributed by atoms with Gasteiger partial charge in [-0.1, -0.05) is 0 Å². The second-order valence-corrected chi connectivity index (χ2v) is 4.82. The Morgan fingerprint density at radius 3 is 2.59 bits per heavy atom. The lowest BCUT2D eigenvalue weighted by Gasteiger charge is -2.06. The van der Waals surface area contributed by atoms with Crippen molar-refractivity contribution >= 4 is 17.0 Å². The molecule has 92 valence electrons. The van der Waals surface area contributed by atoms with E-state index in [-0.39, 0.29) is 12.5 Å². The first-order valence-corrected chi connectivity index (χ1v) is 6.39. The fourth-order valence-corrected chi connectivity index (χ4v) is 1.67. The Hall–Kier alpha value is -1.40. The van der Waals surface area contributed by atoms with Crippen molar-refractivity contribution < 1.29 is 18.3 Å². The molecule has 1 fully saturated rings. The number of carbonyl (C=O) groups excluding carboxylic acids is 1. The van der Waals surface area contributed by atoms with E-state index in [9.17, 15) is 9.00 Å². The minimum Gasteiger partial charge on any atom is -0.484 e. The summed E-state index contributed by atoms with van der Waals surface area (Å²) in [5.41, 5.74) is 0. The quantitative estimate of drug-likeness (QED) is 0.767. The van der Waals surface area contributed by atoms with Crippen molar-refractivity contribution in [1.29, 1.82) is 0 Å². The van der Waals surface area contributed by atoms with Crippen LogP contribution in [-0.4, -0.2) is 27.3 Å². The molecule has 1 saturated carbocycles. The molecule has 2 N–H and O–H groups in total. The lowest BCUT2D eigenvalue weighted by molar-refractivity contribution is -0.123. The number of ether oxygens (including phenoxy) is 1. The molecule has 1 aliphatic carbocycles. The largest absolute Gasteiger partial charge is 0.484 e. The third-order valence-electron chi connectivity index (χ3n) is 2.34. The molecule has 17 heavy (non-hydrogen) atoms. The molecular formula is C11H13NO4S. The van der Waals surface area contributed by atoms with Gasteiger partial charge in [-0.2, -0.15) is 0 Å². The van der Waals surface area contributed by atoms with Gasteiger partial charge in [0.1, 0.15) is 5.75 Å². The summed E-state index contributed by atoms with van der Waals surface area (Å²) in [5, 5.41) is 2.80. The molecular weight excluding hydrogens is 242 g/mol. The number of amides is 1. The number of rotatable bonds is 5. The first kappa shape index (κ1) is 12.1.